The molecule has 0 radical (unpaired) electrons. The second-order valence-electron chi connectivity index (χ2n) is 17.3. The average Bonchev–Trinajstić information content (AvgIpc) is 3.77. The Hall–Kier alpha value is -8.98. The van der Waals surface area contributed by atoms with Crippen LogP contribution in [0.4, 0.5) is 17.1 Å². The summed E-state index contributed by atoms with van der Waals surface area (Å²) in [6.07, 6.45) is 0. The molecule has 0 atom stereocenters. The van der Waals surface area contributed by atoms with Gasteiger partial charge in [0.15, 0.2) is 0 Å². The first-order chi connectivity index (χ1) is 33.7. The number of fused-ring (bicyclic) bond motifs is 3. The maximum atomic E-state index is 2.41. The fraction of sp³-hybridized carbons (Fsp3) is 0. The van der Waals surface area contributed by atoms with Crippen molar-refractivity contribution in [3.63, 3.8) is 0 Å². The standard InChI is InChI=1S/C66H46N2/c1-5-20-47(21-6-1)54-43-55(48-22-7-2-8-23-48)46-59(45-54)67(57-40-38-50(39-41-57)61-33-14-13-32-60(61)49-24-9-3-10-25-49)58-31-18-27-52(44-58)51-26-17-28-53(42-51)62-35-19-37-65-66(62)63-34-15-16-36-64(63)68(65)56-29-11-4-12-30-56/h1-46H. The highest BCUT2D eigenvalue weighted by molar-refractivity contribution is 6.16. The molecule has 0 fully saturated rings. The van der Waals surface area contributed by atoms with Gasteiger partial charge in [-0.2, -0.15) is 0 Å². The third-order valence-corrected chi connectivity index (χ3v) is 13.2. The van der Waals surface area contributed by atoms with Crippen molar-refractivity contribution in [2.75, 3.05) is 4.90 Å². The van der Waals surface area contributed by atoms with Crippen molar-refractivity contribution in [2.45, 2.75) is 0 Å². The monoisotopic (exact) mass is 866 g/mol. The summed E-state index contributed by atoms with van der Waals surface area (Å²) in [6.45, 7) is 0. The van der Waals surface area contributed by atoms with E-state index in [1.54, 1.807) is 0 Å². The zero-order chi connectivity index (χ0) is 45.2. The van der Waals surface area contributed by atoms with E-state index >= 15 is 0 Å². The van der Waals surface area contributed by atoms with Gasteiger partial charge in [0.25, 0.3) is 0 Å². The Morgan fingerprint density at radius 2 is 0.676 bits per heavy atom. The van der Waals surface area contributed by atoms with Crippen LogP contribution in [0.1, 0.15) is 0 Å². The highest BCUT2D eigenvalue weighted by Crippen LogP contribution is 2.44. The van der Waals surface area contributed by atoms with Gasteiger partial charge in [0.2, 0.25) is 0 Å². The maximum Gasteiger partial charge on any atom is 0.0547 e. The highest BCUT2D eigenvalue weighted by Gasteiger charge is 2.19. The van der Waals surface area contributed by atoms with Gasteiger partial charge in [-0.15, -0.1) is 0 Å². The first kappa shape index (κ1) is 40.5. The van der Waals surface area contributed by atoms with Crippen molar-refractivity contribution in [3.05, 3.63) is 279 Å². The van der Waals surface area contributed by atoms with Crippen LogP contribution in [0.3, 0.4) is 0 Å². The molecular weight excluding hydrogens is 821 g/mol. The molecule has 0 saturated heterocycles. The van der Waals surface area contributed by atoms with Crippen molar-refractivity contribution in [2.24, 2.45) is 0 Å². The molecule has 12 aromatic rings. The normalized spacial score (nSPS) is 11.2. The fourth-order valence-electron chi connectivity index (χ4n) is 9.98. The van der Waals surface area contributed by atoms with Gasteiger partial charge in [-0.1, -0.05) is 206 Å². The van der Waals surface area contributed by atoms with Gasteiger partial charge in [-0.3, -0.25) is 0 Å². The molecule has 0 bridgehead atoms. The van der Waals surface area contributed by atoms with Crippen molar-refractivity contribution >= 4 is 38.9 Å². The number of hydrogen-bond donors (Lipinski definition) is 0. The number of anilines is 3. The number of rotatable bonds is 10. The second-order valence-corrected chi connectivity index (χ2v) is 17.3. The third-order valence-electron chi connectivity index (χ3n) is 13.2. The van der Waals surface area contributed by atoms with Crippen LogP contribution < -0.4 is 4.90 Å². The molecule has 12 rings (SSSR count). The molecule has 0 unspecified atom stereocenters. The van der Waals surface area contributed by atoms with Crippen LogP contribution in [-0.2, 0) is 0 Å². The van der Waals surface area contributed by atoms with E-state index < -0.39 is 0 Å². The van der Waals surface area contributed by atoms with Gasteiger partial charge in [-0.05, 0) is 140 Å². The Bertz CT molecular complexity index is 3650. The molecular formula is C66H46N2. The first-order valence-corrected chi connectivity index (χ1v) is 23.3. The zero-order valence-electron chi connectivity index (χ0n) is 37.5. The summed E-state index contributed by atoms with van der Waals surface area (Å²) in [4.78, 5) is 2.41. The van der Waals surface area contributed by atoms with Crippen molar-refractivity contribution in [1.29, 1.82) is 0 Å². The minimum atomic E-state index is 1.07. The lowest BCUT2D eigenvalue weighted by Crippen LogP contribution is -2.10. The molecule has 0 amide bonds. The van der Waals surface area contributed by atoms with Crippen LogP contribution in [-0.4, -0.2) is 4.57 Å². The van der Waals surface area contributed by atoms with Gasteiger partial charge in [-0.25, -0.2) is 0 Å². The summed E-state index contributed by atoms with van der Waals surface area (Å²) in [5.41, 5.74) is 20.9. The van der Waals surface area contributed by atoms with Gasteiger partial charge < -0.3 is 9.47 Å². The largest absolute Gasteiger partial charge is 0.310 e. The minimum absolute atomic E-state index is 1.07. The number of para-hydroxylation sites is 2. The molecule has 0 aliphatic carbocycles. The molecule has 320 valence electrons. The first-order valence-electron chi connectivity index (χ1n) is 23.3. The topological polar surface area (TPSA) is 8.17 Å². The maximum absolute atomic E-state index is 2.41. The van der Waals surface area contributed by atoms with Crippen molar-refractivity contribution in [3.8, 4) is 72.4 Å². The Morgan fingerprint density at radius 3 is 1.34 bits per heavy atom. The van der Waals surface area contributed by atoms with Crippen molar-refractivity contribution < 1.29 is 0 Å². The van der Waals surface area contributed by atoms with E-state index in [0.717, 1.165) is 45.0 Å². The van der Waals surface area contributed by atoms with E-state index in [2.05, 4.69) is 289 Å². The molecule has 0 spiro atoms. The smallest absolute Gasteiger partial charge is 0.0547 e. The lowest BCUT2D eigenvalue weighted by Gasteiger charge is -2.28. The van der Waals surface area contributed by atoms with E-state index in [9.17, 15) is 0 Å². The molecule has 2 nitrogen and oxygen atoms in total. The van der Waals surface area contributed by atoms with E-state index in [1.165, 1.54) is 66.3 Å². The van der Waals surface area contributed by atoms with Gasteiger partial charge in [0, 0.05) is 33.5 Å². The van der Waals surface area contributed by atoms with Gasteiger partial charge >= 0.3 is 0 Å². The summed E-state index contributed by atoms with van der Waals surface area (Å²) < 4.78 is 2.39. The molecule has 0 aliphatic rings. The number of nitrogens with zero attached hydrogens (tertiary/aromatic N) is 2. The lowest BCUT2D eigenvalue weighted by molar-refractivity contribution is 1.18. The van der Waals surface area contributed by atoms with E-state index in [0.29, 0.717) is 0 Å². The molecule has 0 aliphatic heterocycles. The Kier molecular flexibility index (Phi) is 10.6. The van der Waals surface area contributed by atoms with Crippen molar-refractivity contribution in [1.82, 2.24) is 4.57 Å². The average molecular weight is 867 g/mol. The zero-order valence-corrected chi connectivity index (χ0v) is 37.5. The molecule has 11 aromatic carbocycles. The third kappa shape index (κ3) is 7.64. The molecule has 2 heteroatoms. The summed E-state index contributed by atoms with van der Waals surface area (Å²) in [5.74, 6) is 0. The predicted molar refractivity (Wildman–Crippen MR) is 288 cm³/mol. The Morgan fingerprint density at radius 1 is 0.235 bits per heavy atom. The summed E-state index contributed by atoms with van der Waals surface area (Å²) in [7, 11) is 0. The van der Waals surface area contributed by atoms with Crippen LogP contribution in [0.25, 0.3) is 94.3 Å². The van der Waals surface area contributed by atoms with Crippen LogP contribution in [0, 0.1) is 0 Å². The number of hydrogen-bond acceptors (Lipinski definition) is 1. The summed E-state index contributed by atoms with van der Waals surface area (Å²) >= 11 is 0. The number of aromatic nitrogens is 1. The summed E-state index contributed by atoms with van der Waals surface area (Å²) in [6, 6.07) is 101. The lowest BCUT2D eigenvalue weighted by atomic mass is 9.94. The predicted octanol–water partition coefficient (Wildman–Crippen LogP) is 18.3. The Labute approximate surface area is 397 Å². The number of benzene rings is 11. The van der Waals surface area contributed by atoms with Crippen LogP contribution >= 0.6 is 0 Å². The van der Waals surface area contributed by atoms with Crippen LogP contribution in [0.15, 0.2) is 279 Å². The van der Waals surface area contributed by atoms with E-state index in [-0.39, 0.29) is 0 Å². The van der Waals surface area contributed by atoms with E-state index in [4.69, 9.17) is 0 Å². The second kappa shape index (κ2) is 17.8. The molecule has 1 heterocycles. The van der Waals surface area contributed by atoms with Gasteiger partial charge in [0.05, 0.1) is 11.0 Å². The Balaban J connectivity index is 1.00. The van der Waals surface area contributed by atoms with Gasteiger partial charge in [0.1, 0.15) is 0 Å². The molecule has 68 heavy (non-hydrogen) atoms. The quantitative estimate of drug-likeness (QED) is 0.133. The van der Waals surface area contributed by atoms with Crippen LogP contribution in [0.5, 0.6) is 0 Å². The van der Waals surface area contributed by atoms with E-state index in [1.807, 2.05) is 0 Å². The highest BCUT2D eigenvalue weighted by atomic mass is 15.1. The molecule has 0 N–H and O–H groups in total. The minimum Gasteiger partial charge on any atom is -0.310 e. The summed E-state index contributed by atoms with van der Waals surface area (Å²) in [5, 5.41) is 2.50. The SMILES string of the molecule is c1ccc(-c2cc(-c3ccccc3)cc(N(c3ccc(-c4ccccc4-c4ccccc4)cc3)c3cccc(-c4cccc(-c5cccc6c5c5ccccc5n6-c5ccccc5)c4)c3)c2)cc1. The molecule has 0 saturated carbocycles. The van der Waals surface area contributed by atoms with Crippen LogP contribution in [0.2, 0.25) is 0 Å². The molecule has 1 aromatic heterocycles. The fourth-order valence-corrected chi connectivity index (χ4v) is 9.98.